The van der Waals surface area contributed by atoms with E-state index in [4.69, 9.17) is 14.2 Å². The van der Waals surface area contributed by atoms with E-state index >= 15 is 0 Å². The Morgan fingerprint density at radius 3 is 1.12 bits per heavy atom. The molecule has 0 N–H and O–H groups in total. The molecule has 0 aliphatic carbocycles. The minimum Gasteiger partial charge on any atom is -0.462 e. The summed E-state index contributed by atoms with van der Waals surface area (Å²) >= 11 is 0. The van der Waals surface area contributed by atoms with Crippen LogP contribution in [0.1, 0.15) is 233 Å². The van der Waals surface area contributed by atoms with E-state index in [9.17, 15) is 14.4 Å². The van der Waals surface area contributed by atoms with Gasteiger partial charge in [0.15, 0.2) is 6.10 Å². The largest absolute Gasteiger partial charge is 0.462 e. The predicted molar refractivity (Wildman–Crippen MR) is 247 cm³/mol. The molecule has 0 aliphatic heterocycles. The minimum atomic E-state index is -0.780. The maximum absolute atomic E-state index is 12.7. The molecule has 0 aromatic rings. The number of carbonyl (C=O) groups excluding carboxylic acids is 3. The Balaban J connectivity index is 4.34. The Morgan fingerprint density at radius 1 is 0.362 bits per heavy atom. The van der Waals surface area contributed by atoms with E-state index in [1.54, 1.807) is 0 Å². The Kier molecular flexibility index (Phi) is 44.5. The second kappa shape index (κ2) is 46.8. The van der Waals surface area contributed by atoms with E-state index in [2.05, 4.69) is 81.5 Å². The van der Waals surface area contributed by atoms with Crippen LogP contribution < -0.4 is 0 Å². The van der Waals surface area contributed by atoms with Crippen molar-refractivity contribution in [1.29, 1.82) is 0 Å². The number of ether oxygens (including phenoxy) is 3. The van der Waals surface area contributed by atoms with Gasteiger partial charge in [0.2, 0.25) is 0 Å². The molecule has 334 valence electrons. The van der Waals surface area contributed by atoms with Crippen LogP contribution >= 0.6 is 0 Å². The molecule has 0 amide bonds. The van der Waals surface area contributed by atoms with Crippen molar-refractivity contribution in [1.82, 2.24) is 0 Å². The fourth-order valence-corrected chi connectivity index (χ4v) is 6.59. The summed E-state index contributed by atoms with van der Waals surface area (Å²) in [4.78, 5) is 37.8. The number of hydrogen-bond acceptors (Lipinski definition) is 6. The van der Waals surface area contributed by atoms with Gasteiger partial charge in [-0.1, -0.05) is 197 Å². The van der Waals surface area contributed by atoms with E-state index in [1.165, 1.54) is 89.9 Å². The minimum absolute atomic E-state index is 0.0811. The summed E-state index contributed by atoms with van der Waals surface area (Å²) in [6.45, 7) is 6.45. The zero-order valence-corrected chi connectivity index (χ0v) is 38.0. The molecule has 0 heterocycles. The average Bonchev–Trinajstić information content (AvgIpc) is 3.22. The normalized spacial score (nSPS) is 12.5. The smallest absolute Gasteiger partial charge is 0.306 e. The van der Waals surface area contributed by atoms with Gasteiger partial charge in [-0.2, -0.15) is 0 Å². The first-order valence-corrected chi connectivity index (χ1v) is 24.3. The number of rotatable bonds is 43. The molecule has 6 nitrogen and oxygen atoms in total. The highest BCUT2D eigenvalue weighted by atomic mass is 16.6. The standard InChI is InChI=1S/C52H90O6/c1-4-7-10-13-16-19-22-23-24-25-26-27-28-29-31-33-36-39-42-45-51(54)57-48-49(47-56-50(53)44-41-38-35-32-21-18-15-12-9-6-3)58-52(55)46-43-40-37-34-30-20-17-14-11-8-5-2/h7,10,14,16-17,19,23-24,26-27,49H,4-6,8-9,11-13,15,18,20-22,25,28-48H2,1-3H3/b10-7-,17-14-,19-16-,24-23-,27-26-. The molecular weight excluding hydrogens is 721 g/mol. The van der Waals surface area contributed by atoms with Gasteiger partial charge in [-0.15, -0.1) is 0 Å². The van der Waals surface area contributed by atoms with Crippen molar-refractivity contribution in [2.24, 2.45) is 0 Å². The molecule has 1 unspecified atom stereocenters. The predicted octanol–water partition coefficient (Wildman–Crippen LogP) is 15.7. The lowest BCUT2D eigenvalue weighted by atomic mass is 10.1. The van der Waals surface area contributed by atoms with E-state index < -0.39 is 6.10 Å². The molecule has 0 aromatic heterocycles. The molecule has 58 heavy (non-hydrogen) atoms. The second-order valence-electron chi connectivity index (χ2n) is 16.0. The number of carbonyl (C=O) groups is 3. The lowest BCUT2D eigenvalue weighted by Crippen LogP contribution is -2.30. The van der Waals surface area contributed by atoms with Crippen LogP contribution in [0.4, 0.5) is 0 Å². The van der Waals surface area contributed by atoms with Gasteiger partial charge in [-0.3, -0.25) is 14.4 Å². The van der Waals surface area contributed by atoms with Crippen molar-refractivity contribution in [3.05, 3.63) is 60.8 Å². The average molecular weight is 811 g/mol. The van der Waals surface area contributed by atoms with Crippen LogP contribution in [0.2, 0.25) is 0 Å². The van der Waals surface area contributed by atoms with Crippen LogP contribution in [0.3, 0.4) is 0 Å². The van der Waals surface area contributed by atoms with Crippen LogP contribution in [0.25, 0.3) is 0 Å². The zero-order valence-electron chi connectivity index (χ0n) is 38.0. The molecule has 0 radical (unpaired) electrons. The molecule has 0 spiro atoms. The first kappa shape index (κ1) is 55.1. The van der Waals surface area contributed by atoms with Gasteiger partial charge in [0.05, 0.1) is 0 Å². The number of unbranched alkanes of at least 4 members (excludes halogenated alkanes) is 22. The summed E-state index contributed by atoms with van der Waals surface area (Å²) in [5, 5.41) is 0. The first-order valence-electron chi connectivity index (χ1n) is 24.3. The molecule has 0 aliphatic rings. The Bertz CT molecular complexity index is 1070. The molecule has 0 saturated carbocycles. The van der Waals surface area contributed by atoms with Crippen molar-refractivity contribution in [2.75, 3.05) is 13.2 Å². The van der Waals surface area contributed by atoms with Gasteiger partial charge in [0.1, 0.15) is 13.2 Å². The zero-order chi connectivity index (χ0) is 42.3. The monoisotopic (exact) mass is 811 g/mol. The Labute approximate surface area is 358 Å². The third-order valence-electron chi connectivity index (χ3n) is 10.3. The van der Waals surface area contributed by atoms with E-state index in [0.717, 1.165) is 103 Å². The summed E-state index contributed by atoms with van der Waals surface area (Å²) in [6.07, 6.45) is 56.3. The maximum atomic E-state index is 12.7. The van der Waals surface area contributed by atoms with E-state index in [-0.39, 0.29) is 31.1 Å². The lowest BCUT2D eigenvalue weighted by molar-refractivity contribution is -0.167. The van der Waals surface area contributed by atoms with Crippen molar-refractivity contribution in [3.63, 3.8) is 0 Å². The third-order valence-corrected chi connectivity index (χ3v) is 10.3. The molecule has 0 bridgehead atoms. The van der Waals surface area contributed by atoms with Crippen LogP contribution in [-0.2, 0) is 28.6 Å². The fraction of sp³-hybridized carbons (Fsp3) is 0.750. The van der Waals surface area contributed by atoms with Gasteiger partial charge < -0.3 is 14.2 Å². The maximum Gasteiger partial charge on any atom is 0.306 e. The summed E-state index contributed by atoms with van der Waals surface area (Å²) in [5.41, 5.74) is 0. The quantitative estimate of drug-likeness (QED) is 0.0264. The van der Waals surface area contributed by atoms with Crippen molar-refractivity contribution in [2.45, 2.75) is 239 Å². The highest BCUT2D eigenvalue weighted by Gasteiger charge is 2.19. The number of hydrogen-bond donors (Lipinski definition) is 0. The first-order chi connectivity index (χ1) is 28.5. The summed E-state index contributed by atoms with van der Waals surface area (Å²) in [7, 11) is 0. The number of esters is 3. The molecule has 0 fully saturated rings. The van der Waals surface area contributed by atoms with E-state index in [1.807, 2.05) is 0 Å². The van der Waals surface area contributed by atoms with Gasteiger partial charge in [0, 0.05) is 19.3 Å². The van der Waals surface area contributed by atoms with Crippen LogP contribution in [-0.4, -0.2) is 37.2 Å². The summed E-state index contributed by atoms with van der Waals surface area (Å²) in [5.74, 6) is -0.907. The Hall–Kier alpha value is -2.89. The fourth-order valence-electron chi connectivity index (χ4n) is 6.59. The summed E-state index contributed by atoms with van der Waals surface area (Å²) < 4.78 is 16.7. The van der Waals surface area contributed by atoms with Crippen LogP contribution in [0.5, 0.6) is 0 Å². The highest BCUT2D eigenvalue weighted by Crippen LogP contribution is 2.14. The van der Waals surface area contributed by atoms with Gasteiger partial charge >= 0.3 is 17.9 Å². The lowest BCUT2D eigenvalue weighted by Gasteiger charge is -2.18. The summed E-state index contributed by atoms with van der Waals surface area (Å²) in [6, 6.07) is 0. The molecule has 6 heteroatoms. The molecule has 1 atom stereocenters. The third kappa shape index (κ3) is 44.2. The van der Waals surface area contributed by atoms with Crippen molar-refractivity contribution < 1.29 is 28.6 Å². The van der Waals surface area contributed by atoms with Crippen LogP contribution in [0.15, 0.2) is 60.8 Å². The molecule has 0 saturated heterocycles. The topological polar surface area (TPSA) is 78.9 Å². The van der Waals surface area contributed by atoms with Gasteiger partial charge in [-0.05, 0) is 77.0 Å². The molecule has 0 aromatic carbocycles. The number of allylic oxidation sites excluding steroid dienone is 10. The van der Waals surface area contributed by atoms with Gasteiger partial charge in [0.25, 0.3) is 0 Å². The molecule has 0 rings (SSSR count). The highest BCUT2D eigenvalue weighted by molar-refractivity contribution is 5.71. The van der Waals surface area contributed by atoms with Gasteiger partial charge in [-0.25, -0.2) is 0 Å². The SMILES string of the molecule is CC/C=C\C/C=C\C/C=C\C/C=C\CCCCCCCCC(=O)OCC(COC(=O)CCCCCCCCCCCC)OC(=O)CCCCCCC/C=C\CCCC. The van der Waals surface area contributed by atoms with Crippen LogP contribution in [0, 0.1) is 0 Å². The van der Waals surface area contributed by atoms with E-state index in [0.29, 0.717) is 19.3 Å². The van der Waals surface area contributed by atoms with Crippen molar-refractivity contribution >= 4 is 17.9 Å². The van der Waals surface area contributed by atoms with Crippen molar-refractivity contribution in [3.8, 4) is 0 Å². The molecular formula is C52H90O6. The second-order valence-corrected chi connectivity index (χ2v) is 16.0. The Morgan fingerprint density at radius 2 is 0.690 bits per heavy atom.